The number of ketones is 1. The number of nitriles is 1. The highest BCUT2D eigenvalue weighted by Gasteiger charge is 2.11. The topological polar surface area (TPSA) is 91.7 Å². The third-order valence-corrected chi connectivity index (χ3v) is 3.55. The number of hydrogen-bond acceptors (Lipinski definition) is 5. The van der Waals surface area contributed by atoms with E-state index in [1.165, 1.54) is 0 Å². The molecule has 0 amide bonds. The maximum absolute atomic E-state index is 12.1. The van der Waals surface area contributed by atoms with Crippen molar-refractivity contribution in [1.29, 1.82) is 5.26 Å². The lowest BCUT2D eigenvalue weighted by Crippen LogP contribution is -2.11. The molecule has 0 bridgehead atoms. The van der Waals surface area contributed by atoms with Crippen molar-refractivity contribution in [3.63, 3.8) is 0 Å². The smallest absolute Gasteiger partial charge is 0.200 e. The van der Waals surface area contributed by atoms with Gasteiger partial charge in [0.25, 0.3) is 0 Å². The standard InChI is InChI=1S/C17H11ClN4O2/c18-13-6-4-11(5-7-13)16(23)10-24-14-3-1-2-12(8-14)17-15(9-19)20-22-21-17/h1-8H,10H2,(H,20,21,22). The number of rotatable bonds is 5. The van der Waals surface area contributed by atoms with Crippen LogP contribution in [0, 0.1) is 11.3 Å². The monoisotopic (exact) mass is 338 g/mol. The number of aromatic nitrogens is 3. The first-order valence-corrected chi connectivity index (χ1v) is 7.38. The number of carbonyl (C=O) groups excluding carboxylic acids is 1. The van der Waals surface area contributed by atoms with Crippen molar-refractivity contribution in [1.82, 2.24) is 15.4 Å². The van der Waals surface area contributed by atoms with Crippen molar-refractivity contribution in [2.45, 2.75) is 0 Å². The van der Waals surface area contributed by atoms with Gasteiger partial charge in [0, 0.05) is 16.1 Å². The fourth-order valence-electron chi connectivity index (χ4n) is 2.11. The van der Waals surface area contributed by atoms with Crippen LogP contribution in [0.1, 0.15) is 16.1 Å². The average Bonchev–Trinajstić information content (AvgIpc) is 3.09. The molecule has 0 spiro atoms. The largest absolute Gasteiger partial charge is 0.485 e. The molecule has 1 aromatic heterocycles. The van der Waals surface area contributed by atoms with E-state index in [2.05, 4.69) is 15.4 Å². The van der Waals surface area contributed by atoms with Gasteiger partial charge in [-0.1, -0.05) is 23.7 Å². The van der Waals surface area contributed by atoms with Gasteiger partial charge in [-0.25, -0.2) is 0 Å². The van der Waals surface area contributed by atoms with Crippen LogP contribution in [0.3, 0.4) is 0 Å². The van der Waals surface area contributed by atoms with Gasteiger partial charge in [-0.2, -0.15) is 15.6 Å². The van der Waals surface area contributed by atoms with Crippen molar-refractivity contribution < 1.29 is 9.53 Å². The van der Waals surface area contributed by atoms with Crippen molar-refractivity contribution in [3.05, 3.63) is 64.8 Å². The number of hydrogen-bond donors (Lipinski definition) is 1. The minimum Gasteiger partial charge on any atom is -0.485 e. The molecule has 0 saturated carbocycles. The molecule has 6 nitrogen and oxygen atoms in total. The number of nitrogens with zero attached hydrogens (tertiary/aromatic N) is 3. The quantitative estimate of drug-likeness (QED) is 0.721. The Morgan fingerprint density at radius 3 is 2.75 bits per heavy atom. The van der Waals surface area contributed by atoms with Crippen LogP contribution in [0.25, 0.3) is 11.3 Å². The van der Waals surface area contributed by atoms with Crippen molar-refractivity contribution in [2.24, 2.45) is 0 Å². The van der Waals surface area contributed by atoms with E-state index >= 15 is 0 Å². The summed E-state index contributed by atoms with van der Waals surface area (Å²) in [6, 6.07) is 15.5. The molecule has 0 unspecified atom stereocenters. The highest BCUT2D eigenvalue weighted by atomic mass is 35.5. The Morgan fingerprint density at radius 1 is 1.21 bits per heavy atom. The second kappa shape index (κ2) is 6.94. The molecule has 0 aliphatic rings. The van der Waals surface area contributed by atoms with E-state index in [1.807, 2.05) is 6.07 Å². The Balaban J connectivity index is 1.72. The van der Waals surface area contributed by atoms with Crippen LogP contribution in [0.2, 0.25) is 5.02 Å². The maximum atomic E-state index is 12.1. The zero-order chi connectivity index (χ0) is 16.9. The normalized spacial score (nSPS) is 10.2. The zero-order valence-corrected chi connectivity index (χ0v) is 13.1. The number of halogens is 1. The first-order valence-electron chi connectivity index (χ1n) is 7.00. The minimum absolute atomic E-state index is 0.102. The molecule has 0 aliphatic carbocycles. The van der Waals surface area contributed by atoms with E-state index in [0.717, 1.165) is 0 Å². The number of H-pyrrole nitrogens is 1. The Labute approximate surface area is 142 Å². The maximum Gasteiger partial charge on any atom is 0.200 e. The molecule has 0 aliphatic heterocycles. The van der Waals surface area contributed by atoms with Gasteiger partial charge < -0.3 is 4.74 Å². The molecule has 0 atom stereocenters. The Hall–Kier alpha value is -3.17. The number of carbonyl (C=O) groups is 1. The van der Waals surface area contributed by atoms with Crippen LogP contribution in [0.15, 0.2) is 48.5 Å². The number of ether oxygens (including phenoxy) is 1. The molecule has 0 saturated heterocycles. The Morgan fingerprint density at radius 2 is 2.00 bits per heavy atom. The summed E-state index contributed by atoms with van der Waals surface area (Å²) in [6.07, 6.45) is 0. The second-order valence-electron chi connectivity index (χ2n) is 4.88. The average molecular weight is 339 g/mol. The predicted octanol–water partition coefficient (Wildman–Crippen LogP) is 3.26. The van der Waals surface area contributed by atoms with Gasteiger partial charge in [0.05, 0.1) is 0 Å². The predicted molar refractivity (Wildman–Crippen MR) is 87.8 cm³/mol. The van der Waals surface area contributed by atoms with Gasteiger partial charge in [-0.3, -0.25) is 4.79 Å². The van der Waals surface area contributed by atoms with Crippen molar-refractivity contribution in [3.8, 4) is 23.1 Å². The fourth-order valence-corrected chi connectivity index (χ4v) is 2.24. The summed E-state index contributed by atoms with van der Waals surface area (Å²) in [5, 5.41) is 19.7. The van der Waals surface area contributed by atoms with Gasteiger partial charge in [0.1, 0.15) is 17.5 Å². The minimum atomic E-state index is -0.156. The van der Waals surface area contributed by atoms with Crippen LogP contribution in [-0.2, 0) is 0 Å². The molecule has 7 heteroatoms. The molecule has 0 radical (unpaired) electrons. The van der Waals surface area contributed by atoms with Crippen LogP contribution >= 0.6 is 11.6 Å². The molecule has 2 aromatic carbocycles. The molecule has 24 heavy (non-hydrogen) atoms. The molecule has 1 heterocycles. The number of nitrogens with one attached hydrogen (secondary N) is 1. The molecule has 3 rings (SSSR count). The van der Waals surface area contributed by atoms with E-state index in [4.69, 9.17) is 21.6 Å². The molecular weight excluding hydrogens is 328 g/mol. The lowest BCUT2D eigenvalue weighted by atomic mass is 10.1. The molecule has 118 valence electrons. The van der Waals surface area contributed by atoms with Crippen LogP contribution in [0.5, 0.6) is 5.75 Å². The summed E-state index contributed by atoms with van der Waals surface area (Å²) in [6.45, 7) is -0.102. The highest BCUT2D eigenvalue weighted by Crippen LogP contribution is 2.24. The molecular formula is C17H11ClN4O2. The molecule has 1 N–H and O–H groups in total. The van der Waals surface area contributed by atoms with Crippen LogP contribution in [-0.4, -0.2) is 27.8 Å². The lowest BCUT2D eigenvalue weighted by Gasteiger charge is -2.07. The number of benzene rings is 2. The van der Waals surface area contributed by atoms with E-state index in [0.29, 0.717) is 27.6 Å². The summed E-state index contributed by atoms with van der Waals surface area (Å²) in [4.78, 5) is 12.1. The zero-order valence-electron chi connectivity index (χ0n) is 12.4. The van der Waals surface area contributed by atoms with Gasteiger partial charge in [0.2, 0.25) is 0 Å². The fraction of sp³-hybridized carbons (Fsp3) is 0.0588. The van der Waals surface area contributed by atoms with Gasteiger partial charge in [-0.05, 0) is 36.4 Å². The van der Waals surface area contributed by atoms with E-state index in [-0.39, 0.29) is 18.1 Å². The lowest BCUT2D eigenvalue weighted by molar-refractivity contribution is 0.0921. The van der Waals surface area contributed by atoms with Crippen LogP contribution < -0.4 is 4.74 Å². The van der Waals surface area contributed by atoms with Crippen LogP contribution in [0.4, 0.5) is 0 Å². The van der Waals surface area contributed by atoms with Crippen molar-refractivity contribution >= 4 is 17.4 Å². The Kier molecular flexibility index (Phi) is 4.54. The summed E-state index contributed by atoms with van der Waals surface area (Å²) < 4.78 is 5.54. The summed E-state index contributed by atoms with van der Waals surface area (Å²) >= 11 is 5.80. The third kappa shape index (κ3) is 3.42. The van der Waals surface area contributed by atoms with Gasteiger partial charge >= 0.3 is 0 Å². The summed E-state index contributed by atoms with van der Waals surface area (Å²) in [7, 11) is 0. The van der Waals surface area contributed by atoms with E-state index in [9.17, 15) is 4.79 Å². The summed E-state index contributed by atoms with van der Waals surface area (Å²) in [5.41, 5.74) is 1.84. The Bertz CT molecular complexity index is 913. The number of Topliss-reactive ketones (excluding diaryl/α,β-unsaturated/α-hetero) is 1. The molecule has 0 fully saturated rings. The van der Waals surface area contributed by atoms with Gasteiger partial charge in [-0.15, -0.1) is 5.10 Å². The first kappa shape index (κ1) is 15.7. The molecule has 3 aromatic rings. The third-order valence-electron chi connectivity index (χ3n) is 3.30. The second-order valence-corrected chi connectivity index (χ2v) is 5.32. The SMILES string of the molecule is N#Cc1n[nH]nc1-c1cccc(OCC(=O)c2ccc(Cl)cc2)c1. The first-order chi connectivity index (χ1) is 11.7. The van der Waals surface area contributed by atoms with Gasteiger partial charge in [0.15, 0.2) is 18.1 Å². The van der Waals surface area contributed by atoms with E-state index in [1.54, 1.807) is 48.5 Å². The highest BCUT2D eigenvalue weighted by molar-refractivity contribution is 6.30. The van der Waals surface area contributed by atoms with E-state index < -0.39 is 0 Å². The van der Waals surface area contributed by atoms with Crippen molar-refractivity contribution in [2.75, 3.05) is 6.61 Å². The number of aromatic amines is 1. The summed E-state index contributed by atoms with van der Waals surface area (Å²) in [5.74, 6) is 0.345.